The van der Waals surface area contributed by atoms with Gasteiger partial charge < -0.3 is 9.88 Å². The zero-order valence-corrected chi connectivity index (χ0v) is 18.1. The van der Waals surface area contributed by atoms with Gasteiger partial charge in [-0.15, -0.1) is 0 Å². The van der Waals surface area contributed by atoms with E-state index in [-0.39, 0.29) is 5.91 Å². The third kappa shape index (κ3) is 2.62. The van der Waals surface area contributed by atoms with Gasteiger partial charge in [0, 0.05) is 30.2 Å². The molecule has 1 aliphatic heterocycles. The maximum Gasteiger partial charge on any atom is 0.235 e. The fourth-order valence-electron chi connectivity index (χ4n) is 5.21. The Morgan fingerprint density at radius 3 is 2.59 bits per heavy atom. The minimum Gasteiger partial charge on any atom is -0.325 e. The maximum absolute atomic E-state index is 12.8. The van der Waals surface area contributed by atoms with Gasteiger partial charge in [0.25, 0.3) is 0 Å². The minimum atomic E-state index is -0.398. The van der Waals surface area contributed by atoms with E-state index in [1.165, 1.54) is 0 Å². The van der Waals surface area contributed by atoms with E-state index in [0.29, 0.717) is 6.54 Å². The van der Waals surface area contributed by atoms with Gasteiger partial charge in [0.1, 0.15) is 29.2 Å². The maximum atomic E-state index is 12.8. The lowest BCUT2D eigenvalue weighted by molar-refractivity contribution is -0.120. The van der Waals surface area contributed by atoms with Crippen molar-refractivity contribution in [2.75, 3.05) is 5.32 Å². The molecule has 4 heterocycles. The monoisotopic (exact) mass is 425 g/mol. The molecule has 160 valence electrons. The van der Waals surface area contributed by atoms with Crippen molar-refractivity contribution in [2.24, 2.45) is 0 Å². The predicted molar refractivity (Wildman–Crippen MR) is 121 cm³/mol. The normalized spacial score (nSPS) is 16.6. The van der Waals surface area contributed by atoms with Crippen molar-refractivity contribution in [3.05, 3.63) is 48.3 Å². The molecule has 3 aromatic heterocycles. The second-order valence-corrected chi connectivity index (χ2v) is 8.60. The van der Waals surface area contributed by atoms with Crippen molar-refractivity contribution in [3.63, 3.8) is 0 Å². The van der Waals surface area contributed by atoms with Crippen LogP contribution in [-0.4, -0.2) is 35.4 Å². The molecule has 1 fully saturated rings. The number of amides is 1. The second-order valence-electron chi connectivity index (χ2n) is 8.60. The average molecular weight is 425 g/mol. The summed E-state index contributed by atoms with van der Waals surface area (Å²) < 4.78 is 2.06. The molecule has 0 unspecified atom stereocenters. The number of aryl methyl sites for hydroxylation is 2. The Morgan fingerprint density at radius 1 is 1.06 bits per heavy atom. The third-order valence-corrected chi connectivity index (χ3v) is 6.84. The van der Waals surface area contributed by atoms with Crippen molar-refractivity contribution in [1.29, 1.82) is 0 Å². The molecular formula is C24H23N7O. The number of anilines is 1. The van der Waals surface area contributed by atoms with Gasteiger partial charge in [-0.1, -0.05) is 18.9 Å². The summed E-state index contributed by atoms with van der Waals surface area (Å²) in [6.07, 6.45) is 9.13. The van der Waals surface area contributed by atoms with Crippen LogP contribution in [0.25, 0.3) is 33.8 Å². The number of nitrogens with zero attached hydrogens (tertiary/aromatic N) is 6. The van der Waals surface area contributed by atoms with E-state index >= 15 is 0 Å². The Kier molecular flexibility index (Phi) is 4.11. The van der Waals surface area contributed by atoms with Gasteiger partial charge in [0.05, 0.1) is 11.0 Å². The minimum absolute atomic E-state index is 0.131. The summed E-state index contributed by atoms with van der Waals surface area (Å²) in [4.78, 5) is 35.6. The lowest BCUT2D eigenvalue weighted by Gasteiger charge is -2.21. The predicted octanol–water partition coefficient (Wildman–Crippen LogP) is 4.04. The Labute approximate surface area is 185 Å². The van der Waals surface area contributed by atoms with Crippen molar-refractivity contribution in [2.45, 2.75) is 51.5 Å². The van der Waals surface area contributed by atoms with Crippen LogP contribution in [0.4, 0.5) is 5.69 Å². The molecule has 1 amide bonds. The van der Waals surface area contributed by atoms with Gasteiger partial charge in [0.15, 0.2) is 5.65 Å². The van der Waals surface area contributed by atoms with E-state index in [2.05, 4.69) is 42.8 Å². The molecule has 4 aromatic rings. The highest BCUT2D eigenvalue weighted by molar-refractivity contribution is 6.07. The summed E-state index contributed by atoms with van der Waals surface area (Å²) in [7, 11) is 0. The van der Waals surface area contributed by atoms with Gasteiger partial charge in [-0.2, -0.15) is 0 Å². The van der Waals surface area contributed by atoms with Crippen LogP contribution >= 0.6 is 0 Å². The first-order chi connectivity index (χ1) is 15.6. The van der Waals surface area contributed by atoms with Crippen molar-refractivity contribution in [1.82, 2.24) is 29.5 Å². The van der Waals surface area contributed by atoms with Crippen LogP contribution in [-0.2, 0) is 16.8 Å². The van der Waals surface area contributed by atoms with Crippen molar-refractivity contribution < 1.29 is 4.79 Å². The van der Waals surface area contributed by atoms with Gasteiger partial charge >= 0.3 is 0 Å². The van der Waals surface area contributed by atoms with Gasteiger partial charge in [0.2, 0.25) is 5.91 Å². The molecule has 1 aliphatic carbocycles. The van der Waals surface area contributed by atoms with Gasteiger partial charge in [-0.25, -0.2) is 24.9 Å². The van der Waals surface area contributed by atoms with Gasteiger partial charge in [-0.05, 0) is 44.4 Å². The number of fused-ring (bicyclic) bond motifs is 3. The number of benzene rings is 1. The van der Waals surface area contributed by atoms with E-state index in [9.17, 15) is 4.79 Å². The number of rotatable bonds is 3. The number of carbonyl (C=O) groups is 1. The smallest absolute Gasteiger partial charge is 0.235 e. The quantitative estimate of drug-likeness (QED) is 0.532. The number of hydrogen-bond acceptors (Lipinski definition) is 6. The summed E-state index contributed by atoms with van der Waals surface area (Å²) in [5.74, 6) is 1.62. The number of imidazole rings is 1. The fourth-order valence-corrected chi connectivity index (χ4v) is 5.21. The molecule has 0 radical (unpaired) electrons. The largest absolute Gasteiger partial charge is 0.325 e. The number of carbonyl (C=O) groups excluding carboxylic acids is 1. The van der Waals surface area contributed by atoms with E-state index in [0.717, 1.165) is 76.6 Å². The number of hydrogen-bond donors (Lipinski definition) is 1. The molecule has 8 nitrogen and oxygen atoms in total. The van der Waals surface area contributed by atoms with Crippen LogP contribution in [0.2, 0.25) is 0 Å². The van der Waals surface area contributed by atoms with Crippen LogP contribution in [0.15, 0.2) is 36.9 Å². The highest BCUT2D eigenvalue weighted by Crippen LogP contribution is 2.49. The lowest BCUT2D eigenvalue weighted by Crippen LogP contribution is -2.30. The molecule has 0 bridgehead atoms. The van der Waals surface area contributed by atoms with E-state index in [4.69, 9.17) is 4.98 Å². The summed E-state index contributed by atoms with van der Waals surface area (Å²) in [6.45, 7) is 4.64. The molecule has 1 saturated carbocycles. The second kappa shape index (κ2) is 6.91. The van der Waals surface area contributed by atoms with Crippen LogP contribution in [0.5, 0.6) is 0 Å². The third-order valence-electron chi connectivity index (χ3n) is 6.84. The van der Waals surface area contributed by atoms with Crippen LogP contribution in [0.3, 0.4) is 0 Å². The molecule has 32 heavy (non-hydrogen) atoms. The molecule has 0 saturated heterocycles. The zero-order chi connectivity index (χ0) is 21.9. The summed E-state index contributed by atoms with van der Waals surface area (Å²) in [5.41, 5.74) is 5.69. The highest BCUT2D eigenvalue weighted by Gasteiger charge is 2.48. The first-order valence-corrected chi connectivity index (χ1v) is 11.1. The van der Waals surface area contributed by atoms with Crippen molar-refractivity contribution in [3.8, 4) is 22.6 Å². The highest BCUT2D eigenvalue weighted by atomic mass is 16.2. The molecule has 0 atom stereocenters. The summed E-state index contributed by atoms with van der Waals surface area (Å²) >= 11 is 0. The van der Waals surface area contributed by atoms with E-state index in [1.54, 1.807) is 18.7 Å². The fraction of sp³-hybridized carbons (Fsp3) is 0.333. The first-order valence-electron chi connectivity index (χ1n) is 11.1. The summed E-state index contributed by atoms with van der Waals surface area (Å²) in [5, 5.41) is 3.09. The summed E-state index contributed by atoms with van der Waals surface area (Å²) in [6, 6.07) is 6.13. The molecule has 1 spiro atoms. The van der Waals surface area contributed by atoms with Gasteiger partial charge in [-0.3, -0.25) is 4.79 Å². The Morgan fingerprint density at radius 2 is 1.84 bits per heavy atom. The Balaban J connectivity index is 1.53. The lowest BCUT2D eigenvalue weighted by atomic mass is 9.79. The standard InChI is InChI=1S/C24H23N7O/c1-3-31-21(16-11-25-14(2)26-12-16)30-20-19(27-13-28-22(20)31)15-6-7-18-17(10-15)24(23(32)29-18)8-4-5-9-24/h6-7,10-13H,3-5,8-9H2,1-2H3,(H,29,32). The van der Waals surface area contributed by atoms with Crippen LogP contribution < -0.4 is 5.32 Å². The Bertz CT molecular complexity index is 1370. The topological polar surface area (TPSA) is 98.5 Å². The van der Waals surface area contributed by atoms with Crippen molar-refractivity contribution >= 4 is 22.8 Å². The van der Waals surface area contributed by atoms with Crippen LogP contribution in [0, 0.1) is 6.92 Å². The molecule has 1 aromatic carbocycles. The molecular weight excluding hydrogens is 402 g/mol. The number of nitrogens with one attached hydrogen (secondary N) is 1. The molecule has 2 aliphatic rings. The SMILES string of the molecule is CCn1c(-c2cnc(C)nc2)nc2c(-c3ccc4c(c3)C3(CCCC3)C(=O)N4)ncnc21. The zero-order valence-electron chi connectivity index (χ0n) is 18.1. The van der Waals surface area contributed by atoms with Crippen LogP contribution in [0.1, 0.15) is 44.0 Å². The molecule has 6 rings (SSSR count). The van der Waals surface area contributed by atoms with E-state index in [1.807, 2.05) is 19.1 Å². The van der Waals surface area contributed by atoms with E-state index < -0.39 is 5.41 Å². The number of aromatic nitrogens is 6. The molecule has 8 heteroatoms. The first kappa shape index (κ1) is 19.0. The average Bonchev–Trinajstić information content (AvgIpc) is 3.51. The molecule has 1 N–H and O–H groups in total. The Hall–Kier alpha value is -3.68.